The van der Waals surface area contributed by atoms with E-state index in [2.05, 4.69) is 54.5 Å². The van der Waals surface area contributed by atoms with Gasteiger partial charge in [-0.05, 0) is 54.8 Å². The highest BCUT2D eigenvalue weighted by molar-refractivity contribution is 6.31. The molecule has 2 unspecified atom stereocenters. The molecule has 21 heavy (non-hydrogen) atoms. The summed E-state index contributed by atoms with van der Waals surface area (Å²) < 4.78 is 0. The number of halogens is 1. The fourth-order valence-corrected chi connectivity index (χ4v) is 2.73. The molecule has 0 bridgehead atoms. The first kappa shape index (κ1) is 16.0. The van der Waals surface area contributed by atoms with Gasteiger partial charge in [0.25, 0.3) is 0 Å². The van der Waals surface area contributed by atoms with E-state index in [9.17, 15) is 0 Å². The second-order valence-electron chi connectivity index (χ2n) is 5.51. The van der Waals surface area contributed by atoms with Crippen molar-refractivity contribution >= 4 is 11.6 Å². The first-order valence-electron chi connectivity index (χ1n) is 7.52. The SMILES string of the molecule is CCCNC(c1ccc(C)c(Cl)c1)C(C)c1ccncc1. The van der Waals surface area contributed by atoms with E-state index < -0.39 is 0 Å². The molecule has 0 amide bonds. The summed E-state index contributed by atoms with van der Waals surface area (Å²) in [7, 11) is 0. The van der Waals surface area contributed by atoms with E-state index >= 15 is 0 Å². The third-order valence-corrected chi connectivity index (χ3v) is 4.31. The minimum absolute atomic E-state index is 0.255. The lowest BCUT2D eigenvalue weighted by molar-refractivity contribution is 0.466. The standard InChI is InChI=1S/C18H23ClN2/c1-4-9-21-18(14(3)15-7-10-20-11-8-15)16-6-5-13(2)17(19)12-16/h5-8,10-12,14,18,21H,4,9H2,1-3H3. The van der Waals surface area contributed by atoms with Gasteiger partial charge in [0.15, 0.2) is 0 Å². The summed E-state index contributed by atoms with van der Waals surface area (Å²) >= 11 is 6.30. The average Bonchev–Trinajstić information content (AvgIpc) is 2.51. The zero-order valence-corrected chi connectivity index (χ0v) is 13.7. The molecule has 2 nitrogen and oxygen atoms in total. The van der Waals surface area contributed by atoms with Crippen LogP contribution in [0.2, 0.25) is 5.02 Å². The maximum Gasteiger partial charge on any atom is 0.0438 e. The molecule has 2 atom stereocenters. The van der Waals surface area contributed by atoms with Crippen LogP contribution in [-0.4, -0.2) is 11.5 Å². The topological polar surface area (TPSA) is 24.9 Å². The highest BCUT2D eigenvalue weighted by Crippen LogP contribution is 2.32. The molecule has 1 heterocycles. The van der Waals surface area contributed by atoms with E-state index in [1.165, 1.54) is 11.1 Å². The molecule has 2 aromatic rings. The lowest BCUT2D eigenvalue weighted by atomic mass is 9.88. The molecule has 1 aromatic heterocycles. The van der Waals surface area contributed by atoms with Crippen LogP contribution in [0.1, 0.15) is 48.9 Å². The van der Waals surface area contributed by atoms with Crippen molar-refractivity contribution in [3.8, 4) is 0 Å². The fourth-order valence-electron chi connectivity index (χ4n) is 2.55. The Morgan fingerprint density at radius 1 is 1.14 bits per heavy atom. The van der Waals surface area contributed by atoms with Gasteiger partial charge in [-0.15, -0.1) is 0 Å². The number of aromatic nitrogens is 1. The summed E-state index contributed by atoms with van der Waals surface area (Å²) in [4.78, 5) is 4.11. The van der Waals surface area contributed by atoms with Crippen molar-refractivity contribution in [1.29, 1.82) is 0 Å². The summed E-state index contributed by atoms with van der Waals surface area (Å²) in [6, 6.07) is 10.8. The zero-order valence-electron chi connectivity index (χ0n) is 12.9. The Bertz CT molecular complexity index is 569. The third kappa shape index (κ3) is 4.05. The zero-order chi connectivity index (χ0) is 15.2. The second-order valence-corrected chi connectivity index (χ2v) is 5.92. The summed E-state index contributed by atoms with van der Waals surface area (Å²) in [6.45, 7) is 7.46. The summed E-state index contributed by atoms with van der Waals surface area (Å²) in [6.07, 6.45) is 4.81. The Labute approximate surface area is 132 Å². The minimum atomic E-state index is 0.255. The van der Waals surface area contributed by atoms with Crippen molar-refractivity contribution in [3.05, 3.63) is 64.4 Å². The molecular weight excluding hydrogens is 280 g/mol. The number of hydrogen-bond donors (Lipinski definition) is 1. The molecule has 2 rings (SSSR count). The maximum atomic E-state index is 6.30. The van der Waals surface area contributed by atoms with Crippen LogP contribution in [0.5, 0.6) is 0 Å². The largest absolute Gasteiger partial charge is 0.309 e. The van der Waals surface area contributed by atoms with Gasteiger partial charge in [0.1, 0.15) is 0 Å². The predicted octanol–water partition coefficient (Wildman–Crippen LogP) is 4.89. The van der Waals surface area contributed by atoms with Crippen LogP contribution in [0.4, 0.5) is 0 Å². The highest BCUT2D eigenvalue weighted by atomic mass is 35.5. The van der Waals surface area contributed by atoms with Crippen LogP contribution in [0.3, 0.4) is 0 Å². The van der Waals surface area contributed by atoms with Crippen molar-refractivity contribution in [2.45, 2.75) is 39.2 Å². The molecule has 0 aliphatic rings. The molecule has 1 N–H and O–H groups in total. The van der Waals surface area contributed by atoms with E-state index in [1.807, 2.05) is 19.3 Å². The van der Waals surface area contributed by atoms with Gasteiger partial charge in [-0.25, -0.2) is 0 Å². The molecular formula is C18H23ClN2. The summed E-state index contributed by atoms with van der Waals surface area (Å²) in [5, 5.41) is 4.48. The summed E-state index contributed by atoms with van der Waals surface area (Å²) in [5.41, 5.74) is 3.64. The predicted molar refractivity (Wildman–Crippen MR) is 89.9 cm³/mol. The number of nitrogens with one attached hydrogen (secondary N) is 1. The van der Waals surface area contributed by atoms with E-state index in [-0.39, 0.29) is 6.04 Å². The number of rotatable bonds is 6. The molecule has 112 valence electrons. The number of nitrogens with zero attached hydrogens (tertiary/aromatic N) is 1. The first-order valence-corrected chi connectivity index (χ1v) is 7.90. The Morgan fingerprint density at radius 3 is 2.48 bits per heavy atom. The maximum absolute atomic E-state index is 6.30. The molecule has 3 heteroatoms. The number of hydrogen-bond acceptors (Lipinski definition) is 2. The van der Waals surface area contributed by atoms with E-state index in [4.69, 9.17) is 11.6 Å². The van der Waals surface area contributed by atoms with E-state index in [0.717, 1.165) is 23.6 Å². The average molecular weight is 303 g/mol. The smallest absolute Gasteiger partial charge is 0.0438 e. The van der Waals surface area contributed by atoms with Crippen molar-refractivity contribution < 1.29 is 0 Å². The minimum Gasteiger partial charge on any atom is -0.309 e. The van der Waals surface area contributed by atoms with E-state index in [1.54, 1.807) is 0 Å². The second kappa shape index (κ2) is 7.58. The van der Waals surface area contributed by atoms with Crippen LogP contribution >= 0.6 is 11.6 Å². The van der Waals surface area contributed by atoms with Crippen molar-refractivity contribution in [3.63, 3.8) is 0 Å². The van der Waals surface area contributed by atoms with Gasteiger partial charge in [0.05, 0.1) is 0 Å². The van der Waals surface area contributed by atoms with Gasteiger partial charge in [-0.2, -0.15) is 0 Å². The van der Waals surface area contributed by atoms with Gasteiger partial charge >= 0.3 is 0 Å². The lowest BCUT2D eigenvalue weighted by Gasteiger charge is -2.26. The molecule has 0 radical (unpaired) electrons. The lowest BCUT2D eigenvalue weighted by Crippen LogP contribution is -2.26. The molecule has 0 fully saturated rings. The molecule has 0 aliphatic carbocycles. The molecule has 0 saturated carbocycles. The van der Waals surface area contributed by atoms with Crippen LogP contribution in [0.15, 0.2) is 42.7 Å². The number of aryl methyl sites for hydroxylation is 1. The Balaban J connectivity index is 2.31. The van der Waals surface area contributed by atoms with Gasteiger partial charge in [-0.3, -0.25) is 4.98 Å². The summed E-state index contributed by atoms with van der Waals surface area (Å²) in [5.74, 6) is 0.360. The normalized spacial score (nSPS) is 13.9. The highest BCUT2D eigenvalue weighted by Gasteiger charge is 2.20. The molecule has 1 aromatic carbocycles. The van der Waals surface area contributed by atoms with Crippen LogP contribution < -0.4 is 5.32 Å². The van der Waals surface area contributed by atoms with Gasteiger partial charge in [0, 0.05) is 29.4 Å². The van der Waals surface area contributed by atoms with Crippen LogP contribution in [0, 0.1) is 6.92 Å². The van der Waals surface area contributed by atoms with Crippen molar-refractivity contribution in [2.75, 3.05) is 6.54 Å². The molecule has 0 saturated heterocycles. The van der Waals surface area contributed by atoms with Gasteiger partial charge in [0.2, 0.25) is 0 Å². The molecule has 0 spiro atoms. The quantitative estimate of drug-likeness (QED) is 0.822. The number of benzene rings is 1. The fraction of sp³-hybridized carbons (Fsp3) is 0.389. The number of pyridine rings is 1. The van der Waals surface area contributed by atoms with Crippen molar-refractivity contribution in [2.24, 2.45) is 0 Å². The van der Waals surface area contributed by atoms with Crippen LogP contribution in [-0.2, 0) is 0 Å². The molecule has 0 aliphatic heterocycles. The monoisotopic (exact) mass is 302 g/mol. The Kier molecular flexibility index (Phi) is 5.77. The van der Waals surface area contributed by atoms with Gasteiger partial charge < -0.3 is 5.32 Å². The van der Waals surface area contributed by atoms with E-state index in [0.29, 0.717) is 5.92 Å². The van der Waals surface area contributed by atoms with Gasteiger partial charge in [-0.1, -0.05) is 37.6 Å². The Morgan fingerprint density at radius 2 is 1.86 bits per heavy atom. The van der Waals surface area contributed by atoms with Crippen LogP contribution in [0.25, 0.3) is 0 Å². The first-order chi connectivity index (χ1) is 10.1. The van der Waals surface area contributed by atoms with Crippen molar-refractivity contribution in [1.82, 2.24) is 10.3 Å². The third-order valence-electron chi connectivity index (χ3n) is 3.90. The Hall–Kier alpha value is -1.38.